The van der Waals surface area contributed by atoms with Gasteiger partial charge in [-0.25, -0.2) is 4.98 Å². The molecule has 3 aromatic rings. The van der Waals surface area contributed by atoms with Gasteiger partial charge in [-0.3, -0.25) is 4.79 Å². The van der Waals surface area contributed by atoms with Gasteiger partial charge in [0.2, 0.25) is 0 Å². The van der Waals surface area contributed by atoms with Crippen molar-refractivity contribution < 1.29 is 27.8 Å². The average molecular weight is 478 g/mol. The van der Waals surface area contributed by atoms with Gasteiger partial charge < -0.3 is 9.84 Å². The number of carboxylic acid groups (broad SMARTS) is 1. The number of alkyl halides is 3. The van der Waals surface area contributed by atoms with E-state index in [0.717, 1.165) is 33.8 Å². The molecule has 0 radical (unpaired) electrons. The van der Waals surface area contributed by atoms with E-state index in [1.807, 2.05) is 45.9 Å². The van der Waals surface area contributed by atoms with Gasteiger partial charge in [0, 0.05) is 16.9 Å². The van der Waals surface area contributed by atoms with Crippen LogP contribution in [0, 0.1) is 6.92 Å². The molecule has 0 spiro atoms. The zero-order valence-corrected chi connectivity index (χ0v) is 19.7. The largest absolute Gasteiger partial charge is 0.484 e. The molecule has 1 N–H and O–H groups in total. The molecular formula is C25H26F3NO3S. The van der Waals surface area contributed by atoms with Crippen LogP contribution < -0.4 is 4.74 Å². The Bertz CT molecular complexity index is 1120. The summed E-state index contributed by atoms with van der Waals surface area (Å²) in [4.78, 5) is 16.6. The number of benzene rings is 2. The van der Waals surface area contributed by atoms with Crippen LogP contribution in [0.2, 0.25) is 0 Å². The van der Waals surface area contributed by atoms with Crippen molar-refractivity contribution in [3.8, 4) is 16.3 Å². The third-order valence-electron chi connectivity index (χ3n) is 5.28. The minimum Gasteiger partial charge on any atom is -0.484 e. The number of ether oxygens (including phenoxy) is 1. The van der Waals surface area contributed by atoms with Crippen LogP contribution in [0.25, 0.3) is 10.6 Å². The molecule has 0 saturated carbocycles. The molecule has 1 atom stereocenters. The number of aryl methyl sites for hydroxylation is 2. The molecule has 0 saturated heterocycles. The predicted molar refractivity (Wildman–Crippen MR) is 123 cm³/mol. The predicted octanol–water partition coefficient (Wildman–Crippen LogP) is 7.42. The minimum absolute atomic E-state index is 0.0702. The van der Waals surface area contributed by atoms with Crippen LogP contribution in [0.4, 0.5) is 13.2 Å². The van der Waals surface area contributed by atoms with Crippen molar-refractivity contribution in [2.45, 2.75) is 58.7 Å². The molecule has 4 nitrogen and oxygen atoms in total. The van der Waals surface area contributed by atoms with E-state index in [4.69, 9.17) is 14.8 Å². The van der Waals surface area contributed by atoms with Crippen LogP contribution in [0.15, 0.2) is 42.5 Å². The number of thiazole rings is 1. The van der Waals surface area contributed by atoms with E-state index < -0.39 is 17.7 Å². The standard InChI is InChI=1S/C25H26F3NO3S/c1-14(2)23-22(29-24(33-23)18-5-9-19(10-6-18)25(26,27)28)16(4)32-20-11-7-17(15(3)13-20)8-12-21(30)31/h5-7,9-11,13-14,16H,8,12H2,1-4H3,(H,30,31). The zero-order chi connectivity index (χ0) is 24.3. The number of nitrogens with zero attached hydrogens (tertiary/aromatic N) is 1. The summed E-state index contributed by atoms with van der Waals surface area (Å²) in [7, 11) is 0. The smallest absolute Gasteiger partial charge is 0.416 e. The van der Waals surface area contributed by atoms with Crippen molar-refractivity contribution in [3.05, 3.63) is 69.7 Å². The van der Waals surface area contributed by atoms with Gasteiger partial charge in [-0.1, -0.05) is 32.0 Å². The highest BCUT2D eigenvalue weighted by molar-refractivity contribution is 7.15. The fourth-order valence-electron chi connectivity index (χ4n) is 3.50. The summed E-state index contributed by atoms with van der Waals surface area (Å²) in [5.74, 6) is -0.0123. The number of aliphatic carboxylic acids is 1. The van der Waals surface area contributed by atoms with Crippen molar-refractivity contribution in [1.82, 2.24) is 4.98 Å². The average Bonchev–Trinajstić information content (AvgIpc) is 3.18. The molecule has 1 unspecified atom stereocenters. The summed E-state index contributed by atoms with van der Waals surface area (Å²) in [6, 6.07) is 10.6. The maximum atomic E-state index is 12.9. The van der Waals surface area contributed by atoms with E-state index in [2.05, 4.69) is 0 Å². The first-order chi connectivity index (χ1) is 15.5. The summed E-state index contributed by atoms with van der Waals surface area (Å²) in [6.45, 7) is 7.90. The minimum atomic E-state index is -4.38. The summed E-state index contributed by atoms with van der Waals surface area (Å²) >= 11 is 1.46. The maximum absolute atomic E-state index is 12.9. The molecule has 0 aliphatic heterocycles. The molecule has 176 valence electrons. The van der Waals surface area contributed by atoms with Crippen molar-refractivity contribution in [2.75, 3.05) is 0 Å². The summed E-state index contributed by atoms with van der Waals surface area (Å²) < 4.78 is 44.8. The van der Waals surface area contributed by atoms with Gasteiger partial charge in [-0.05, 0) is 61.6 Å². The van der Waals surface area contributed by atoms with E-state index in [1.165, 1.54) is 23.5 Å². The van der Waals surface area contributed by atoms with Gasteiger partial charge in [0.05, 0.1) is 11.3 Å². The van der Waals surface area contributed by atoms with Crippen LogP contribution in [0.1, 0.15) is 66.5 Å². The molecule has 0 fully saturated rings. The van der Waals surface area contributed by atoms with Gasteiger partial charge in [0.15, 0.2) is 0 Å². The Balaban J connectivity index is 1.83. The van der Waals surface area contributed by atoms with Crippen molar-refractivity contribution in [1.29, 1.82) is 0 Å². The van der Waals surface area contributed by atoms with Crippen LogP contribution >= 0.6 is 11.3 Å². The number of halogens is 3. The first-order valence-corrected chi connectivity index (χ1v) is 11.4. The van der Waals surface area contributed by atoms with Crippen molar-refractivity contribution >= 4 is 17.3 Å². The van der Waals surface area contributed by atoms with Crippen LogP contribution in [-0.4, -0.2) is 16.1 Å². The van der Waals surface area contributed by atoms with Crippen molar-refractivity contribution in [2.24, 2.45) is 0 Å². The lowest BCUT2D eigenvalue weighted by Gasteiger charge is -2.17. The van der Waals surface area contributed by atoms with Gasteiger partial charge in [0.25, 0.3) is 0 Å². The van der Waals surface area contributed by atoms with Gasteiger partial charge >= 0.3 is 12.1 Å². The third kappa shape index (κ3) is 6.13. The van der Waals surface area contributed by atoms with E-state index in [9.17, 15) is 18.0 Å². The number of hydrogen-bond donors (Lipinski definition) is 1. The second kappa shape index (κ2) is 9.95. The van der Waals surface area contributed by atoms with E-state index in [1.54, 1.807) is 0 Å². The Morgan fingerprint density at radius 2 is 1.79 bits per heavy atom. The molecule has 2 aromatic carbocycles. The van der Waals surface area contributed by atoms with Gasteiger partial charge in [-0.2, -0.15) is 13.2 Å². The fraction of sp³-hybridized carbons (Fsp3) is 0.360. The Labute approximate surface area is 195 Å². The zero-order valence-electron chi connectivity index (χ0n) is 18.9. The van der Waals surface area contributed by atoms with E-state index in [-0.39, 0.29) is 18.4 Å². The number of aromatic nitrogens is 1. The summed E-state index contributed by atoms with van der Waals surface area (Å²) in [6.07, 6.45) is -4.22. The highest BCUT2D eigenvalue weighted by Crippen LogP contribution is 2.38. The number of hydrogen-bond acceptors (Lipinski definition) is 4. The summed E-state index contributed by atoms with van der Waals surface area (Å²) in [5, 5.41) is 9.54. The second-order valence-electron chi connectivity index (χ2n) is 8.24. The topological polar surface area (TPSA) is 59.4 Å². The first-order valence-electron chi connectivity index (χ1n) is 10.6. The number of rotatable bonds is 8. The number of carboxylic acids is 1. The SMILES string of the molecule is Cc1cc(OC(C)c2nc(-c3ccc(C(F)(F)F)cc3)sc2C(C)C)ccc1CCC(=O)O. The molecule has 1 heterocycles. The monoisotopic (exact) mass is 477 g/mol. The quantitative estimate of drug-likeness (QED) is 0.367. The van der Waals surface area contributed by atoms with Crippen LogP contribution in [0.5, 0.6) is 5.75 Å². The molecule has 1 aromatic heterocycles. The Morgan fingerprint density at radius 3 is 2.33 bits per heavy atom. The molecule has 0 aliphatic rings. The van der Waals surface area contributed by atoms with Gasteiger partial charge in [-0.15, -0.1) is 11.3 Å². The summed E-state index contributed by atoms with van der Waals surface area (Å²) in [5.41, 5.74) is 2.61. The maximum Gasteiger partial charge on any atom is 0.416 e. The fourth-order valence-corrected chi connectivity index (χ4v) is 4.66. The molecule has 33 heavy (non-hydrogen) atoms. The second-order valence-corrected chi connectivity index (χ2v) is 9.27. The van der Waals surface area contributed by atoms with Crippen molar-refractivity contribution in [3.63, 3.8) is 0 Å². The molecule has 0 aliphatic carbocycles. The molecule has 8 heteroatoms. The Kier molecular flexibility index (Phi) is 7.47. The highest BCUT2D eigenvalue weighted by atomic mass is 32.1. The lowest BCUT2D eigenvalue weighted by molar-refractivity contribution is -0.138. The Hall–Kier alpha value is -2.87. The first kappa shape index (κ1) is 24.8. The lowest BCUT2D eigenvalue weighted by Crippen LogP contribution is -2.07. The van der Waals surface area contributed by atoms with E-state index >= 15 is 0 Å². The third-order valence-corrected chi connectivity index (χ3v) is 6.71. The molecule has 0 amide bonds. The number of carbonyl (C=O) groups is 1. The Morgan fingerprint density at radius 1 is 1.12 bits per heavy atom. The highest BCUT2D eigenvalue weighted by Gasteiger charge is 2.30. The van der Waals surface area contributed by atoms with Gasteiger partial charge in [0.1, 0.15) is 16.9 Å². The lowest BCUT2D eigenvalue weighted by atomic mass is 10.0. The molecule has 3 rings (SSSR count). The van der Waals surface area contributed by atoms with E-state index in [0.29, 0.717) is 22.7 Å². The molecular weight excluding hydrogens is 451 g/mol. The van der Waals surface area contributed by atoms with Crippen LogP contribution in [0.3, 0.4) is 0 Å². The molecule has 0 bridgehead atoms. The van der Waals surface area contributed by atoms with Crippen LogP contribution in [-0.2, 0) is 17.4 Å². The normalized spacial score (nSPS) is 12.7.